The molecule has 2 heteroatoms. The fourth-order valence-corrected chi connectivity index (χ4v) is 5.09. The van der Waals surface area contributed by atoms with E-state index in [9.17, 15) is 9.90 Å². The van der Waals surface area contributed by atoms with Gasteiger partial charge in [0.2, 0.25) is 0 Å². The largest absolute Gasteiger partial charge is 0.393 e. The first-order valence-corrected chi connectivity index (χ1v) is 6.68. The summed E-state index contributed by atoms with van der Waals surface area (Å²) in [5.74, 6) is 1.23. The molecular weight excluding hydrogens is 212 g/mol. The van der Waals surface area contributed by atoms with E-state index in [1.165, 1.54) is 0 Å². The van der Waals surface area contributed by atoms with Gasteiger partial charge in [-0.05, 0) is 43.4 Å². The monoisotopic (exact) mass is 234 g/mol. The first-order valence-electron chi connectivity index (χ1n) is 6.68. The highest BCUT2D eigenvalue weighted by Crippen LogP contribution is 2.69. The molecule has 4 aliphatic carbocycles. The van der Waals surface area contributed by atoms with E-state index < -0.39 is 0 Å². The molecule has 4 fully saturated rings. The predicted octanol–water partition coefficient (Wildman–Crippen LogP) is 2.56. The third-order valence-corrected chi connectivity index (χ3v) is 6.11. The van der Waals surface area contributed by atoms with Crippen LogP contribution in [0.5, 0.6) is 0 Å². The van der Waals surface area contributed by atoms with Crippen LogP contribution in [0.1, 0.15) is 40.0 Å². The summed E-state index contributed by atoms with van der Waals surface area (Å²) in [5.41, 5.74) is 0.858. The molecule has 0 aliphatic heterocycles. The van der Waals surface area contributed by atoms with Gasteiger partial charge in [-0.3, -0.25) is 4.79 Å². The smallest absolute Gasteiger partial charge is 0.142 e. The maximum Gasteiger partial charge on any atom is 0.142 e. The average Bonchev–Trinajstić information content (AvgIpc) is 2.40. The van der Waals surface area contributed by atoms with E-state index in [4.69, 9.17) is 0 Å². The van der Waals surface area contributed by atoms with Crippen molar-refractivity contribution in [2.75, 3.05) is 0 Å². The number of carbonyl (C=O) groups is 1. The molecule has 4 bridgehead atoms. The zero-order valence-electron chi connectivity index (χ0n) is 11.0. The maximum atomic E-state index is 12.6. The van der Waals surface area contributed by atoms with Crippen LogP contribution in [-0.4, -0.2) is 17.0 Å². The highest BCUT2D eigenvalue weighted by atomic mass is 16.3. The summed E-state index contributed by atoms with van der Waals surface area (Å²) in [5, 5.41) is 10.3. The summed E-state index contributed by atoms with van der Waals surface area (Å²) < 4.78 is 0. The SMILES string of the molecule is C=C(C)[C@@H]1C[C@H]2[C@@]3(C)C[C@@H]1C(=O)[C@]2(C)C[C@@H]3O. The Kier molecular flexibility index (Phi) is 2.04. The average molecular weight is 234 g/mol. The normalized spacial score (nSPS) is 56.4. The number of rotatable bonds is 1. The van der Waals surface area contributed by atoms with Gasteiger partial charge in [0.25, 0.3) is 0 Å². The molecule has 4 aliphatic rings. The molecule has 6 atom stereocenters. The number of carbonyl (C=O) groups excluding carboxylic acids is 1. The molecule has 0 spiro atoms. The minimum atomic E-state index is -0.294. The second kappa shape index (κ2) is 3.03. The summed E-state index contributed by atoms with van der Waals surface area (Å²) >= 11 is 0. The van der Waals surface area contributed by atoms with Crippen molar-refractivity contribution >= 4 is 5.78 Å². The third-order valence-electron chi connectivity index (χ3n) is 6.11. The Hall–Kier alpha value is -0.630. The predicted molar refractivity (Wildman–Crippen MR) is 66.4 cm³/mol. The zero-order valence-corrected chi connectivity index (χ0v) is 11.0. The molecule has 4 rings (SSSR count). The van der Waals surface area contributed by atoms with Crippen molar-refractivity contribution in [3.8, 4) is 0 Å². The Balaban J connectivity index is 2.08. The number of ketones is 1. The number of allylic oxidation sites excluding steroid dienone is 1. The first kappa shape index (κ1) is 11.5. The zero-order chi connectivity index (χ0) is 12.6. The van der Waals surface area contributed by atoms with Crippen molar-refractivity contribution in [3.63, 3.8) is 0 Å². The van der Waals surface area contributed by atoms with E-state index >= 15 is 0 Å². The molecule has 0 saturated heterocycles. The standard InChI is InChI=1S/C15H22O2/c1-8(2)9-5-11-14(3)6-10(9)13(17)15(11,4)7-12(14)16/h9-12,16H,1,5-7H2,2-4H3/t9-,10-,11-,12-,14+,15+/m0/s1. The van der Waals surface area contributed by atoms with Gasteiger partial charge in [-0.2, -0.15) is 0 Å². The van der Waals surface area contributed by atoms with Gasteiger partial charge in [0.1, 0.15) is 5.78 Å². The minimum absolute atomic E-state index is 0.0285. The summed E-state index contributed by atoms with van der Waals surface area (Å²) in [6, 6.07) is 0. The van der Waals surface area contributed by atoms with Crippen LogP contribution in [0.2, 0.25) is 0 Å². The second-order valence-electron chi connectivity index (χ2n) is 7.06. The molecule has 0 unspecified atom stereocenters. The molecule has 4 saturated carbocycles. The third kappa shape index (κ3) is 1.13. The summed E-state index contributed by atoms with van der Waals surface area (Å²) in [6.07, 6.45) is 2.30. The summed E-state index contributed by atoms with van der Waals surface area (Å²) in [4.78, 5) is 12.6. The maximum absolute atomic E-state index is 12.6. The molecule has 0 aromatic heterocycles. The Labute approximate surface area is 103 Å². The molecule has 0 aromatic rings. The number of hydrogen-bond donors (Lipinski definition) is 1. The Morgan fingerprint density at radius 2 is 2.06 bits per heavy atom. The first-order chi connectivity index (χ1) is 7.80. The highest BCUT2D eigenvalue weighted by Gasteiger charge is 2.69. The second-order valence-corrected chi connectivity index (χ2v) is 7.06. The van der Waals surface area contributed by atoms with E-state index in [0.29, 0.717) is 24.0 Å². The lowest BCUT2D eigenvalue weighted by Crippen LogP contribution is -2.56. The molecule has 0 aromatic carbocycles. The summed E-state index contributed by atoms with van der Waals surface area (Å²) in [6.45, 7) is 10.4. The van der Waals surface area contributed by atoms with Gasteiger partial charge in [-0.25, -0.2) is 0 Å². The molecule has 1 N–H and O–H groups in total. The Morgan fingerprint density at radius 1 is 1.41 bits per heavy atom. The van der Waals surface area contributed by atoms with Crippen LogP contribution in [0.3, 0.4) is 0 Å². The van der Waals surface area contributed by atoms with Crippen LogP contribution < -0.4 is 0 Å². The van der Waals surface area contributed by atoms with Crippen molar-refractivity contribution in [1.82, 2.24) is 0 Å². The van der Waals surface area contributed by atoms with Gasteiger partial charge in [0, 0.05) is 11.3 Å². The van der Waals surface area contributed by atoms with Gasteiger partial charge in [-0.1, -0.05) is 26.0 Å². The number of hydrogen-bond acceptors (Lipinski definition) is 2. The van der Waals surface area contributed by atoms with Crippen LogP contribution in [0, 0.1) is 28.6 Å². The van der Waals surface area contributed by atoms with Gasteiger partial charge in [-0.15, -0.1) is 0 Å². The van der Waals surface area contributed by atoms with E-state index in [2.05, 4.69) is 20.4 Å². The van der Waals surface area contributed by atoms with Gasteiger partial charge in [0.15, 0.2) is 0 Å². The van der Waals surface area contributed by atoms with Crippen molar-refractivity contribution in [1.29, 1.82) is 0 Å². The fourth-order valence-electron chi connectivity index (χ4n) is 5.09. The lowest BCUT2D eigenvalue weighted by molar-refractivity contribution is -0.154. The van der Waals surface area contributed by atoms with Gasteiger partial charge < -0.3 is 5.11 Å². The molecule has 2 nitrogen and oxygen atoms in total. The highest BCUT2D eigenvalue weighted by molar-refractivity contribution is 5.90. The lowest BCUT2D eigenvalue weighted by atomic mass is 9.47. The van der Waals surface area contributed by atoms with E-state index in [1.54, 1.807) is 0 Å². The van der Waals surface area contributed by atoms with Crippen LogP contribution in [0.25, 0.3) is 0 Å². The Bertz CT molecular complexity index is 413. The molecule has 0 radical (unpaired) electrons. The topological polar surface area (TPSA) is 37.3 Å². The molecule has 94 valence electrons. The molecule has 0 heterocycles. The van der Waals surface area contributed by atoms with Crippen molar-refractivity contribution < 1.29 is 9.90 Å². The van der Waals surface area contributed by atoms with Crippen molar-refractivity contribution in [2.45, 2.75) is 46.1 Å². The van der Waals surface area contributed by atoms with E-state index in [-0.39, 0.29) is 22.9 Å². The number of aliphatic hydroxyl groups excluding tert-OH is 1. The van der Waals surface area contributed by atoms with Gasteiger partial charge >= 0.3 is 0 Å². The number of Topliss-reactive ketones (excluding diaryl/α,β-unsaturated/α-hetero) is 1. The van der Waals surface area contributed by atoms with E-state index in [0.717, 1.165) is 18.4 Å². The quantitative estimate of drug-likeness (QED) is 0.708. The van der Waals surface area contributed by atoms with Crippen LogP contribution in [0.15, 0.2) is 12.2 Å². The number of fused-ring (bicyclic) bond motifs is 1. The number of aliphatic hydroxyl groups is 1. The molecule has 17 heavy (non-hydrogen) atoms. The lowest BCUT2D eigenvalue weighted by Gasteiger charge is -2.55. The minimum Gasteiger partial charge on any atom is -0.393 e. The van der Waals surface area contributed by atoms with Crippen LogP contribution >= 0.6 is 0 Å². The molecular formula is C15H22O2. The van der Waals surface area contributed by atoms with Gasteiger partial charge in [0.05, 0.1) is 6.10 Å². The van der Waals surface area contributed by atoms with Crippen LogP contribution in [-0.2, 0) is 4.79 Å². The van der Waals surface area contributed by atoms with Crippen molar-refractivity contribution in [3.05, 3.63) is 12.2 Å². The summed E-state index contributed by atoms with van der Waals surface area (Å²) in [7, 11) is 0. The van der Waals surface area contributed by atoms with E-state index in [1.807, 2.05) is 6.92 Å². The Morgan fingerprint density at radius 3 is 2.65 bits per heavy atom. The van der Waals surface area contributed by atoms with Crippen LogP contribution in [0.4, 0.5) is 0 Å². The molecule has 0 amide bonds. The fraction of sp³-hybridized carbons (Fsp3) is 0.800. The van der Waals surface area contributed by atoms with Crippen molar-refractivity contribution in [2.24, 2.45) is 28.6 Å².